The minimum Gasteiger partial charge on any atom is -0.456 e. The first-order chi connectivity index (χ1) is 74.2. The van der Waals surface area contributed by atoms with Gasteiger partial charge in [-0.05, 0) is 291 Å². The summed E-state index contributed by atoms with van der Waals surface area (Å²) in [5.74, 6) is 3.33. The molecule has 150 heavy (non-hydrogen) atoms. The van der Waals surface area contributed by atoms with Gasteiger partial charge in [0.05, 0.1) is 28.4 Å². The van der Waals surface area contributed by atoms with Gasteiger partial charge in [-0.25, -0.2) is 0 Å². The van der Waals surface area contributed by atoms with Crippen LogP contribution in [0.1, 0.15) is 25.0 Å². The van der Waals surface area contributed by atoms with Crippen LogP contribution in [-0.2, 0) is 5.41 Å². The number of rotatable bonds is 15. The first kappa shape index (κ1) is 85.8. The second-order valence-electron chi connectivity index (χ2n) is 39.9. The van der Waals surface area contributed by atoms with E-state index in [0.717, 1.165) is 212 Å². The van der Waals surface area contributed by atoms with Gasteiger partial charge in [-0.3, -0.25) is 0 Å². The fraction of sp³-hybridized carbons (Fsp3) is 0.0213. The van der Waals surface area contributed by atoms with Crippen molar-refractivity contribution in [1.82, 2.24) is 0 Å². The Hall–Kier alpha value is -19.7. The monoisotopic (exact) mass is 1920 g/mol. The molecule has 0 fully saturated rings. The zero-order chi connectivity index (χ0) is 98.9. The number of fused-ring (bicyclic) bond motifs is 24. The van der Waals surface area contributed by atoms with Crippen molar-refractivity contribution in [3.05, 3.63) is 521 Å². The molecule has 9 heteroatoms. The molecule has 0 spiro atoms. The van der Waals surface area contributed by atoms with E-state index >= 15 is 0 Å². The van der Waals surface area contributed by atoms with Crippen molar-refractivity contribution in [3.63, 3.8) is 0 Å². The molecule has 0 saturated heterocycles. The quantitative estimate of drug-likeness (QED) is 0.0934. The number of furan rings is 3. The van der Waals surface area contributed by atoms with Crippen LogP contribution >= 0.6 is 0 Å². The van der Waals surface area contributed by atoms with Crippen molar-refractivity contribution in [2.24, 2.45) is 0 Å². The van der Waals surface area contributed by atoms with Gasteiger partial charge in [-0.2, -0.15) is 0 Å². The highest BCUT2D eigenvalue weighted by Crippen LogP contribution is 2.59. The maximum absolute atomic E-state index is 7.10. The Balaban J connectivity index is 0.000000138. The lowest BCUT2D eigenvalue weighted by atomic mass is 9.82. The zero-order valence-corrected chi connectivity index (χ0v) is 81.8. The third-order valence-corrected chi connectivity index (χ3v) is 31.2. The highest BCUT2D eigenvalue weighted by molar-refractivity contribution is 6.28. The molecule has 0 unspecified atom stereocenters. The van der Waals surface area contributed by atoms with Crippen molar-refractivity contribution >= 4 is 199 Å². The second kappa shape index (κ2) is 34.2. The van der Waals surface area contributed by atoms with Gasteiger partial charge < -0.3 is 42.3 Å². The van der Waals surface area contributed by atoms with Gasteiger partial charge in [0.25, 0.3) is 0 Å². The molecule has 0 N–H and O–H groups in total. The van der Waals surface area contributed by atoms with Crippen molar-refractivity contribution < 1.29 is 22.7 Å². The molecule has 28 aromatic rings. The lowest BCUT2D eigenvalue weighted by molar-refractivity contribution is 0.487. The Morgan fingerprint density at radius 3 is 0.933 bits per heavy atom. The summed E-state index contributed by atoms with van der Waals surface area (Å²) in [4.78, 5) is 9.29. The number of hydrogen-bond donors (Lipinski definition) is 0. The van der Waals surface area contributed by atoms with Crippen molar-refractivity contribution in [3.8, 4) is 89.8 Å². The Morgan fingerprint density at radius 1 is 0.160 bits per heavy atom. The van der Waals surface area contributed by atoms with Gasteiger partial charge in [0.2, 0.25) is 0 Å². The summed E-state index contributed by atoms with van der Waals surface area (Å²) in [6, 6.07) is 183. The zero-order valence-electron chi connectivity index (χ0n) is 81.8. The first-order valence-corrected chi connectivity index (χ1v) is 51.3. The van der Waals surface area contributed by atoms with E-state index in [-0.39, 0.29) is 5.41 Å². The molecule has 9 nitrogen and oxygen atoms in total. The normalized spacial score (nSPS) is 12.5. The van der Waals surface area contributed by atoms with Crippen LogP contribution < -0.4 is 29.1 Å². The van der Waals surface area contributed by atoms with Crippen LogP contribution in [0.3, 0.4) is 0 Å². The topological polar surface area (TPSA) is 70.8 Å². The highest BCUT2D eigenvalue weighted by Gasteiger charge is 2.38. The van der Waals surface area contributed by atoms with Gasteiger partial charge >= 0.3 is 0 Å². The molecular formula is C141H90N4O5. The predicted molar refractivity (Wildman–Crippen MR) is 623 cm³/mol. The van der Waals surface area contributed by atoms with E-state index in [9.17, 15) is 0 Å². The Kier molecular flexibility index (Phi) is 19.6. The molecule has 0 bridgehead atoms. The van der Waals surface area contributed by atoms with Crippen LogP contribution in [0.2, 0.25) is 0 Å². The molecule has 5 heterocycles. The van der Waals surface area contributed by atoms with Crippen molar-refractivity contribution in [1.29, 1.82) is 0 Å². The van der Waals surface area contributed by atoms with Crippen LogP contribution in [0.25, 0.3) is 197 Å². The van der Waals surface area contributed by atoms with E-state index in [1.165, 1.54) is 87.4 Å². The molecule has 3 aliphatic rings. The molecule has 0 atom stereocenters. The standard InChI is InChI=1S/C72H44N2O3.C69H46N2O2/c1-3-18-45(19-4-1)50-22-9-12-30-63(50)74(65-32-16-29-58-54-26-11-14-34-67(54)77-72(58)65)49-40-41-55-62-44-60-52-24-8-7-23-51(52)59(43-61(60)56-27-17-35-68(70(56)62)75-69(55)42-49)46-36-38-48(39-37-46)73(47-20-5-2-6-21-47)64-31-15-28-57-53-25-10-13-33-66(53)76-71(57)64;1-69(2)61-27-13-11-23-51(61)52-37-35-47(39-62(52)69)70(44-17-5-3-6-18-44)48-36-38-54-60-42-58-50-22-10-9-21-49(50)57(41-59(58)55-25-16-30-65(67(55)60)72-66(54)40-48)43-31-33-46(34-32-43)71(45-19-7-4-8-20-45)63-28-15-26-56-53-24-12-14-29-64(53)73-68(56)63/h1-44H;3-42H,1-2H3. The lowest BCUT2D eigenvalue weighted by Crippen LogP contribution is -2.16. The number of ether oxygens (including phenoxy) is 2. The average Bonchev–Trinajstić information content (AvgIpc) is 0.867. The van der Waals surface area contributed by atoms with Crippen LogP contribution in [0.5, 0.6) is 23.0 Å². The van der Waals surface area contributed by atoms with E-state index in [1.54, 1.807) is 0 Å². The van der Waals surface area contributed by atoms with Crippen LogP contribution in [0.15, 0.2) is 523 Å². The third-order valence-electron chi connectivity index (χ3n) is 31.2. The summed E-state index contributed by atoms with van der Waals surface area (Å²) in [6.07, 6.45) is 0. The maximum atomic E-state index is 7.10. The van der Waals surface area contributed by atoms with Crippen LogP contribution in [0, 0.1) is 0 Å². The van der Waals surface area contributed by atoms with E-state index in [2.05, 4.69) is 507 Å². The average molecular weight is 1920 g/mol. The van der Waals surface area contributed by atoms with E-state index in [4.69, 9.17) is 22.7 Å². The summed E-state index contributed by atoms with van der Waals surface area (Å²) in [7, 11) is 0. The highest BCUT2D eigenvalue weighted by atomic mass is 16.5. The molecule has 31 rings (SSSR count). The number of para-hydroxylation sites is 10. The molecule has 0 saturated carbocycles. The molecule has 0 amide bonds. The minimum atomic E-state index is -0.123. The van der Waals surface area contributed by atoms with E-state index < -0.39 is 0 Å². The summed E-state index contributed by atoms with van der Waals surface area (Å²) in [6.45, 7) is 4.69. The first-order valence-electron chi connectivity index (χ1n) is 51.3. The lowest BCUT2D eigenvalue weighted by Gasteiger charge is -2.30. The molecule has 3 aromatic heterocycles. The largest absolute Gasteiger partial charge is 0.456 e. The maximum Gasteiger partial charge on any atom is 0.159 e. The second-order valence-corrected chi connectivity index (χ2v) is 39.9. The number of anilines is 12. The van der Waals surface area contributed by atoms with Gasteiger partial charge in [0.1, 0.15) is 39.7 Å². The van der Waals surface area contributed by atoms with Crippen molar-refractivity contribution in [2.45, 2.75) is 19.3 Å². The van der Waals surface area contributed by atoms with E-state index in [0.29, 0.717) is 0 Å². The van der Waals surface area contributed by atoms with Crippen LogP contribution in [-0.4, -0.2) is 0 Å². The molecule has 0 radical (unpaired) electrons. The minimum absolute atomic E-state index is 0.123. The summed E-state index contributed by atoms with van der Waals surface area (Å²) >= 11 is 0. The predicted octanol–water partition coefficient (Wildman–Crippen LogP) is 40.7. The Labute approximate surface area is 864 Å². The van der Waals surface area contributed by atoms with E-state index in [1.807, 2.05) is 36.4 Å². The van der Waals surface area contributed by atoms with Gasteiger partial charge in [0.15, 0.2) is 16.7 Å². The fourth-order valence-electron chi connectivity index (χ4n) is 24.4. The number of hydrogen-bond acceptors (Lipinski definition) is 9. The third kappa shape index (κ3) is 13.6. The summed E-state index contributed by atoms with van der Waals surface area (Å²) < 4.78 is 34.1. The Morgan fingerprint density at radius 2 is 0.467 bits per heavy atom. The molecule has 1 aliphatic carbocycles. The molecule has 2 aliphatic heterocycles. The number of benzene rings is 25. The van der Waals surface area contributed by atoms with Gasteiger partial charge in [-0.15, -0.1) is 0 Å². The van der Waals surface area contributed by atoms with Gasteiger partial charge in [-0.1, -0.05) is 335 Å². The molecule has 25 aromatic carbocycles. The molecule has 704 valence electrons. The summed E-state index contributed by atoms with van der Waals surface area (Å²) in [5.41, 5.74) is 34.0. The Bertz CT molecular complexity index is 10400. The molecular weight excluding hydrogens is 1830 g/mol. The number of nitrogens with zero attached hydrogens (tertiary/aromatic N) is 4. The fourth-order valence-corrected chi connectivity index (χ4v) is 24.4. The SMILES string of the molecule is CC1(C)c2ccccc2-c2ccc(N(c3ccccc3)c3ccc4c(c3)Oc3cccc5c3c-4cc3c4ccccc4c(-c4ccc(N(c6ccccc6)c6cccc7c6oc6ccccc67)cc4)cc53)cc21.c1ccc(-c2ccccc2N(c2ccc3c(c2)Oc2cccc4c2c-3cc2c3ccccc3c(-c3ccc(N(c5ccccc5)c5cccc6c5oc5ccccc56)cc3)cc42)c2cccc3c2oc2ccccc23)cc1. The van der Waals surface area contributed by atoms with Gasteiger partial charge in [0, 0.05) is 117 Å². The van der Waals surface area contributed by atoms with Crippen LogP contribution in [0.4, 0.5) is 68.2 Å². The summed E-state index contributed by atoms with van der Waals surface area (Å²) in [5, 5.41) is 20.7. The van der Waals surface area contributed by atoms with Crippen molar-refractivity contribution in [2.75, 3.05) is 19.6 Å². The smallest absolute Gasteiger partial charge is 0.159 e.